The minimum Gasteiger partial charge on any atom is -0.497 e. The van der Waals surface area contributed by atoms with Gasteiger partial charge in [0, 0.05) is 32.7 Å². The van der Waals surface area contributed by atoms with Gasteiger partial charge in [-0.25, -0.2) is 0 Å². The molecule has 3 aromatic rings. The molecule has 0 N–H and O–H groups in total. The van der Waals surface area contributed by atoms with Crippen molar-refractivity contribution in [2.24, 2.45) is 0 Å². The van der Waals surface area contributed by atoms with E-state index in [1.165, 1.54) is 16.9 Å². The van der Waals surface area contributed by atoms with E-state index in [1.807, 2.05) is 47.0 Å². The summed E-state index contributed by atoms with van der Waals surface area (Å²) in [4.78, 5) is 18.1. The Morgan fingerprint density at radius 1 is 1.10 bits per heavy atom. The number of piperazine rings is 1. The molecule has 8 heteroatoms. The van der Waals surface area contributed by atoms with Crippen molar-refractivity contribution in [1.82, 2.24) is 19.6 Å². The number of carbonyl (C=O) groups excluding carboxylic acids is 1. The van der Waals surface area contributed by atoms with Crippen LogP contribution in [0.3, 0.4) is 0 Å². The second kappa shape index (κ2) is 9.42. The third kappa shape index (κ3) is 4.95. The molecule has 0 bridgehead atoms. The first kappa shape index (κ1) is 21.9. The van der Waals surface area contributed by atoms with Gasteiger partial charge in [0.15, 0.2) is 0 Å². The maximum atomic E-state index is 13.0. The van der Waals surface area contributed by atoms with Crippen LogP contribution in [0.4, 0.5) is 0 Å². The van der Waals surface area contributed by atoms with Gasteiger partial charge in [0.25, 0.3) is 5.91 Å². The molecule has 1 aromatic carbocycles. The predicted molar refractivity (Wildman–Crippen MR) is 124 cm³/mol. The third-order valence-corrected chi connectivity index (χ3v) is 7.23. The van der Waals surface area contributed by atoms with Crippen LogP contribution in [0.1, 0.15) is 32.2 Å². The quantitative estimate of drug-likeness (QED) is 0.554. The molecule has 0 atom stereocenters. The average Bonchev–Trinajstić information content (AvgIpc) is 3.35. The lowest BCUT2D eigenvalue weighted by atomic mass is 10.2. The summed E-state index contributed by atoms with van der Waals surface area (Å²) in [6, 6.07) is 10.2. The number of nitrogens with zero attached hydrogens (tertiary/aromatic N) is 4. The standard InChI is InChI=1S/C23H27ClN4O2S/c1-16-22(24)17(2)28(25-16)14-19-12-21(31-15-19)23(29)27-10-8-26(9-11-27)13-18-4-6-20(30-3)7-5-18/h4-7,12,15H,8-11,13-14H2,1-3H3. The molecule has 0 unspecified atom stereocenters. The van der Waals surface area contributed by atoms with Crippen LogP contribution in [0, 0.1) is 13.8 Å². The van der Waals surface area contributed by atoms with Crippen molar-refractivity contribution in [1.29, 1.82) is 0 Å². The fraction of sp³-hybridized carbons (Fsp3) is 0.391. The Hall–Kier alpha value is -2.35. The highest BCUT2D eigenvalue weighted by Gasteiger charge is 2.23. The van der Waals surface area contributed by atoms with E-state index >= 15 is 0 Å². The number of aromatic nitrogens is 2. The van der Waals surface area contributed by atoms with Gasteiger partial charge in [-0.1, -0.05) is 23.7 Å². The van der Waals surface area contributed by atoms with Crippen molar-refractivity contribution in [2.75, 3.05) is 33.3 Å². The van der Waals surface area contributed by atoms with E-state index in [2.05, 4.69) is 22.1 Å². The Bertz CT molecular complexity index is 1050. The number of benzene rings is 1. The van der Waals surface area contributed by atoms with Crippen LogP contribution in [0.5, 0.6) is 5.75 Å². The average molecular weight is 459 g/mol. The van der Waals surface area contributed by atoms with E-state index in [0.29, 0.717) is 11.6 Å². The van der Waals surface area contributed by atoms with E-state index < -0.39 is 0 Å². The number of hydrogen-bond donors (Lipinski definition) is 0. The molecule has 0 radical (unpaired) electrons. The molecule has 3 heterocycles. The van der Waals surface area contributed by atoms with E-state index in [0.717, 1.165) is 60.3 Å². The van der Waals surface area contributed by atoms with Crippen LogP contribution >= 0.6 is 22.9 Å². The Labute approximate surface area is 192 Å². The maximum Gasteiger partial charge on any atom is 0.264 e. The lowest BCUT2D eigenvalue weighted by molar-refractivity contribution is 0.0633. The second-order valence-electron chi connectivity index (χ2n) is 7.88. The van der Waals surface area contributed by atoms with Gasteiger partial charge in [-0.05, 0) is 48.6 Å². The van der Waals surface area contributed by atoms with Gasteiger partial charge in [0.2, 0.25) is 0 Å². The number of hydrogen-bond acceptors (Lipinski definition) is 5. The lowest BCUT2D eigenvalue weighted by Gasteiger charge is -2.34. The smallest absolute Gasteiger partial charge is 0.264 e. The topological polar surface area (TPSA) is 50.6 Å². The zero-order valence-corrected chi connectivity index (χ0v) is 19.7. The highest BCUT2D eigenvalue weighted by Crippen LogP contribution is 2.23. The normalized spacial score (nSPS) is 14.8. The Kier molecular flexibility index (Phi) is 6.65. The highest BCUT2D eigenvalue weighted by atomic mass is 35.5. The van der Waals surface area contributed by atoms with Crippen LogP contribution in [-0.2, 0) is 13.1 Å². The summed E-state index contributed by atoms with van der Waals surface area (Å²) < 4.78 is 7.12. The van der Waals surface area contributed by atoms with Crippen LogP contribution < -0.4 is 4.74 Å². The molecule has 0 spiro atoms. The molecule has 6 nitrogen and oxygen atoms in total. The Morgan fingerprint density at radius 2 is 1.81 bits per heavy atom. The summed E-state index contributed by atoms with van der Waals surface area (Å²) >= 11 is 7.75. The summed E-state index contributed by atoms with van der Waals surface area (Å²) in [6.45, 7) is 8.62. The summed E-state index contributed by atoms with van der Waals surface area (Å²) in [7, 11) is 1.68. The number of halogens is 1. The molecule has 0 aliphatic carbocycles. The van der Waals surface area contributed by atoms with Crippen molar-refractivity contribution in [2.45, 2.75) is 26.9 Å². The first-order chi connectivity index (χ1) is 14.9. The monoisotopic (exact) mass is 458 g/mol. The predicted octanol–water partition coefficient (Wildman–Crippen LogP) is 4.23. The van der Waals surface area contributed by atoms with Gasteiger partial charge < -0.3 is 9.64 Å². The van der Waals surface area contributed by atoms with Gasteiger partial charge in [-0.15, -0.1) is 11.3 Å². The summed E-state index contributed by atoms with van der Waals surface area (Å²) in [6.07, 6.45) is 0. The van der Waals surface area contributed by atoms with E-state index in [9.17, 15) is 4.79 Å². The van der Waals surface area contributed by atoms with Crippen LogP contribution in [0.15, 0.2) is 35.7 Å². The molecule has 4 rings (SSSR count). The van der Waals surface area contributed by atoms with Crippen molar-refractivity contribution in [3.8, 4) is 5.75 Å². The maximum absolute atomic E-state index is 13.0. The van der Waals surface area contributed by atoms with Crippen molar-refractivity contribution in [3.05, 3.63) is 68.1 Å². The van der Waals surface area contributed by atoms with Gasteiger partial charge >= 0.3 is 0 Å². The van der Waals surface area contributed by atoms with Crippen LogP contribution in [-0.4, -0.2) is 58.8 Å². The molecule has 1 amide bonds. The highest BCUT2D eigenvalue weighted by molar-refractivity contribution is 7.12. The zero-order chi connectivity index (χ0) is 22.0. The summed E-state index contributed by atoms with van der Waals surface area (Å²) in [5.74, 6) is 0.988. The molecule has 1 aliphatic heterocycles. The van der Waals surface area contributed by atoms with Crippen LogP contribution in [0.25, 0.3) is 0 Å². The van der Waals surface area contributed by atoms with E-state index in [4.69, 9.17) is 16.3 Å². The minimum atomic E-state index is 0.117. The van der Waals surface area contributed by atoms with Crippen molar-refractivity contribution in [3.63, 3.8) is 0 Å². The number of thiophene rings is 1. The Morgan fingerprint density at radius 3 is 2.42 bits per heavy atom. The van der Waals surface area contributed by atoms with E-state index in [-0.39, 0.29) is 5.91 Å². The van der Waals surface area contributed by atoms with E-state index in [1.54, 1.807) is 7.11 Å². The molecule has 164 valence electrons. The fourth-order valence-corrected chi connectivity index (χ4v) is 4.83. The first-order valence-corrected chi connectivity index (χ1v) is 11.6. The molecule has 1 saturated heterocycles. The number of amides is 1. The number of rotatable bonds is 6. The molecular weight excluding hydrogens is 432 g/mol. The molecule has 2 aromatic heterocycles. The van der Waals surface area contributed by atoms with Crippen molar-refractivity contribution >= 4 is 28.8 Å². The zero-order valence-electron chi connectivity index (χ0n) is 18.1. The molecule has 31 heavy (non-hydrogen) atoms. The van der Waals surface area contributed by atoms with Crippen molar-refractivity contribution < 1.29 is 9.53 Å². The molecule has 1 fully saturated rings. The minimum absolute atomic E-state index is 0.117. The number of ether oxygens (including phenoxy) is 1. The lowest BCUT2D eigenvalue weighted by Crippen LogP contribution is -2.48. The summed E-state index contributed by atoms with van der Waals surface area (Å²) in [5.41, 5.74) is 4.12. The van der Waals surface area contributed by atoms with Gasteiger partial charge in [-0.3, -0.25) is 14.4 Å². The number of methoxy groups -OCH3 is 1. The number of aryl methyl sites for hydroxylation is 1. The first-order valence-electron chi connectivity index (χ1n) is 10.4. The van der Waals surface area contributed by atoms with Gasteiger partial charge in [-0.2, -0.15) is 5.10 Å². The molecule has 1 aliphatic rings. The summed E-state index contributed by atoms with van der Waals surface area (Å²) in [5, 5.41) is 7.23. The fourth-order valence-electron chi connectivity index (χ4n) is 3.83. The molecular formula is C23H27ClN4O2S. The third-order valence-electron chi connectivity index (χ3n) is 5.71. The SMILES string of the molecule is COc1ccc(CN2CCN(C(=O)c3cc(Cn4nc(C)c(Cl)c4C)cs3)CC2)cc1. The number of carbonyl (C=O) groups is 1. The second-order valence-corrected chi connectivity index (χ2v) is 9.17. The Balaban J connectivity index is 1.32. The van der Waals surface area contributed by atoms with Gasteiger partial charge in [0.1, 0.15) is 5.75 Å². The van der Waals surface area contributed by atoms with Gasteiger partial charge in [0.05, 0.1) is 34.9 Å². The van der Waals surface area contributed by atoms with Crippen LogP contribution in [0.2, 0.25) is 5.02 Å². The molecule has 0 saturated carbocycles. The largest absolute Gasteiger partial charge is 0.497 e.